The van der Waals surface area contributed by atoms with E-state index in [-0.39, 0.29) is 6.04 Å². The van der Waals surface area contributed by atoms with Crippen molar-refractivity contribution in [1.29, 1.82) is 0 Å². The van der Waals surface area contributed by atoms with Gasteiger partial charge in [-0.2, -0.15) is 0 Å². The van der Waals surface area contributed by atoms with Crippen LogP contribution >= 0.6 is 0 Å². The molecule has 1 aromatic carbocycles. The lowest BCUT2D eigenvalue weighted by Crippen LogP contribution is -2.26. The zero-order valence-corrected chi connectivity index (χ0v) is 6.73. The van der Waals surface area contributed by atoms with Crippen LogP contribution in [0.3, 0.4) is 0 Å². The molecule has 0 aliphatic rings. The molecule has 1 amide bonds. The average Bonchev–Trinajstić information content (AvgIpc) is 2.15. The Balaban J connectivity index is 2.72. The standard InChI is InChI=1S/C9H12N2O/c10-6-9(11-7-12)8-4-2-1-3-5-8/h1-5,7,9H,6,10H2,(H,11,12). The van der Waals surface area contributed by atoms with E-state index in [1.54, 1.807) is 0 Å². The molecule has 3 N–H and O–H groups in total. The summed E-state index contributed by atoms with van der Waals surface area (Å²) in [7, 11) is 0. The minimum atomic E-state index is -0.0660. The molecule has 0 aliphatic carbocycles. The van der Waals surface area contributed by atoms with E-state index in [0.717, 1.165) is 5.56 Å². The van der Waals surface area contributed by atoms with E-state index in [0.29, 0.717) is 13.0 Å². The normalized spacial score (nSPS) is 12.1. The quantitative estimate of drug-likeness (QED) is 0.634. The second-order valence-electron chi connectivity index (χ2n) is 2.48. The van der Waals surface area contributed by atoms with Gasteiger partial charge in [-0.05, 0) is 5.56 Å². The van der Waals surface area contributed by atoms with Crippen molar-refractivity contribution in [1.82, 2.24) is 5.32 Å². The molecule has 0 radical (unpaired) electrons. The fourth-order valence-corrected chi connectivity index (χ4v) is 1.07. The Morgan fingerprint density at radius 2 is 2.08 bits per heavy atom. The van der Waals surface area contributed by atoms with Crippen molar-refractivity contribution in [3.8, 4) is 0 Å². The highest BCUT2D eigenvalue weighted by Gasteiger charge is 2.05. The van der Waals surface area contributed by atoms with Gasteiger partial charge in [-0.25, -0.2) is 0 Å². The molecule has 0 aromatic heterocycles. The van der Waals surface area contributed by atoms with Crippen LogP contribution in [0.25, 0.3) is 0 Å². The van der Waals surface area contributed by atoms with E-state index in [1.165, 1.54) is 0 Å². The molecule has 1 unspecified atom stereocenters. The summed E-state index contributed by atoms with van der Waals surface area (Å²) in [6.45, 7) is 0.419. The van der Waals surface area contributed by atoms with Crippen LogP contribution in [0.2, 0.25) is 0 Å². The van der Waals surface area contributed by atoms with Gasteiger partial charge < -0.3 is 11.1 Å². The first-order valence-electron chi connectivity index (χ1n) is 3.83. The van der Waals surface area contributed by atoms with Gasteiger partial charge in [0.15, 0.2) is 0 Å². The third-order valence-corrected chi connectivity index (χ3v) is 1.71. The van der Waals surface area contributed by atoms with Gasteiger partial charge in [-0.3, -0.25) is 4.79 Å². The van der Waals surface area contributed by atoms with Crippen molar-refractivity contribution in [2.45, 2.75) is 6.04 Å². The van der Waals surface area contributed by atoms with Crippen LogP contribution in [0, 0.1) is 0 Å². The Kier molecular flexibility index (Phi) is 3.29. The van der Waals surface area contributed by atoms with Crippen LogP contribution in [-0.4, -0.2) is 13.0 Å². The third kappa shape index (κ3) is 2.07. The smallest absolute Gasteiger partial charge is 0.207 e. The molecule has 1 atom stereocenters. The second kappa shape index (κ2) is 4.51. The molecule has 12 heavy (non-hydrogen) atoms. The van der Waals surface area contributed by atoms with Crippen LogP contribution in [0.1, 0.15) is 11.6 Å². The maximum absolute atomic E-state index is 10.2. The summed E-state index contributed by atoms with van der Waals surface area (Å²) in [5.41, 5.74) is 6.50. The molecule has 1 aromatic rings. The Morgan fingerprint density at radius 3 is 2.58 bits per heavy atom. The van der Waals surface area contributed by atoms with E-state index in [4.69, 9.17) is 5.73 Å². The monoisotopic (exact) mass is 164 g/mol. The van der Waals surface area contributed by atoms with Gasteiger partial charge in [0, 0.05) is 6.54 Å². The summed E-state index contributed by atoms with van der Waals surface area (Å²) in [6, 6.07) is 9.58. The number of hydrogen-bond donors (Lipinski definition) is 2. The van der Waals surface area contributed by atoms with Crippen LogP contribution < -0.4 is 11.1 Å². The van der Waals surface area contributed by atoms with Crippen molar-refractivity contribution in [2.24, 2.45) is 5.73 Å². The Labute approximate surface area is 71.6 Å². The molecule has 1 rings (SSSR count). The lowest BCUT2D eigenvalue weighted by Gasteiger charge is -2.13. The van der Waals surface area contributed by atoms with Crippen LogP contribution in [0.5, 0.6) is 0 Å². The summed E-state index contributed by atoms with van der Waals surface area (Å²) in [4.78, 5) is 10.2. The van der Waals surface area contributed by atoms with Gasteiger partial charge in [-0.15, -0.1) is 0 Å². The predicted molar refractivity (Wildman–Crippen MR) is 47.4 cm³/mol. The molecule has 0 heterocycles. The number of carbonyl (C=O) groups excluding carboxylic acids is 1. The van der Waals surface area contributed by atoms with Gasteiger partial charge in [-0.1, -0.05) is 30.3 Å². The maximum atomic E-state index is 10.2. The van der Waals surface area contributed by atoms with Gasteiger partial charge in [0.25, 0.3) is 0 Å². The first-order valence-corrected chi connectivity index (χ1v) is 3.83. The minimum absolute atomic E-state index is 0.0660. The predicted octanol–water partition coefficient (Wildman–Crippen LogP) is 0.432. The topological polar surface area (TPSA) is 55.1 Å². The Bertz CT molecular complexity index is 236. The number of nitrogens with one attached hydrogen (secondary N) is 1. The highest BCUT2D eigenvalue weighted by molar-refractivity contribution is 5.47. The molecule has 3 nitrogen and oxygen atoms in total. The SMILES string of the molecule is NCC(NC=O)c1ccccc1. The van der Waals surface area contributed by atoms with Gasteiger partial charge in [0.2, 0.25) is 6.41 Å². The molecule has 0 saturated heterocycles. The summed E-state index contributed by atoms with van der Waals surface area (Å²) in [5, 5.41) is 2.64. The molecule has 0 fully saturated rings. The first-order chi connectivity index (χ1) is 5.88. The fraction of sp³-hybridized carbons (Fsp3) is 0.222. The van der Waals surface area contributed by atoms with Gasteiger partial charge in [0.05, 0.1) is 6.04 Å². The highest BCUT2D eigenvalue weighted by atomic mass is 16.1. The van der Waals surface area contributed by atoms with Crippen molar-refractivity contribution in [3.63, 3.8) is 0 Å². The van der Waals surface area contributed by atoms with Gasteiger partial charge >= 0.3 is 0 Å². The largest absolute Gasteiger partial charge is 0.351 e. The van der Waals surface area contributed by atoms with Crippen molar-refractivity contribution >= 4 is 6.41 Å². The Hall–Kier alpha value is -1.35. The van der Waals surface area contributed by atoms with E-state index in [2.05, 4.69) is 5.32 Å². The molecule has 0 saturated carbocycles. The number of rotatable bonds is 4. The van der Waals surface area contributed by atoms with E-state index in [1.807, 2.05) is 30.3 Å². The molecule has 0 bridgehead atoms. The zero-order valence-electron chi connectivity index (χ0n) is 6.73. The van der Waals surface area contributed by atoms with E-state index in [9.17, 15) is 4.79 Å². The van der Waals surface area contributed by atoms with Crippen LogP contribution in [0.15, 0.2) is 30.3 Å². The summed E-state index contributed by atoms with van der Waals surface area (Å²) < 4.78 is 0. The summed E-state index contributed by atoms with van der Waals surface area (Å²) in [5.74, 6) is 0. The summed E-state index contributed by atoms with van der Waals surface area (Å²) >= 11 is 0. The maximum Gasteiger partial charge on any atom is 0.207 e. The molecule has 0 aliphatic heterocycles. The number of benzene rings is 1. The highest BCUT2D eigenvalue weighted by Crippen LogP contribution is 2.09. The van der Waals surface area contributed by atoms with Gasteiger partial charge in [0.1, 0.15) is 0 Å². The van der Waals surface area contributed by atoms with E-state index >= 15 is 0 Å². The molecule has 64 valence electrons. The number of carbonyl (C=O) groups is 1. The number of amides is 1. The number of hydrogen-bond acceptors (Lipinski definition) is 2. The fourth-order valence-electron chi connectivity index (χ4n) is 1.07. The van der Waals surface area contributed by atoms with Crippen molar-refractivity contribution < 1.29 is 4.79 Å². The zero-order chi connectivity index (χ0) is 8.81. The lowest BCUT2D eigenvalue weighted by atomic mass is 10.1. The first kappa shape index (κ1) is 8.74. The average molecular weight is 164 g/mol. The molecule has 3 heteroatoms. The van der Waals surface area contributed by atoms with Crippen molar-refractivity contribution in [3.05, 3.63) is 35.9 Å². The van der Waals surface area contributed by atoms with Crippen LogP contribution in [0.4, 0.5) is 0 Å². The molecular formula is C9H12N2O. The minimum Gasteiger partial charge on any atom is -0.351 e. The molecule has 0 spiro atoms. The Morgan fingerprint density at radius 1 is 1.42 bits per heavy atom. The second-order valence-corrected chi connectivity index (χ2v) is 2.48. The van der Waals surface area contributed by atoms with Crippen LogP contribution in [-0.2, 0) is 4.79 Å². The number of nitrogens with two attached hydrogens (primary N) is 1. The third-order valence-electron chi connectivity index (χ3n) is 1.71. The van der Waals surface area contributed by atoms with E-state index < -0.39 is 0 Å². The van der Waals surface area contributed by atoms with Crippen molar-refractivity contribution in [2.75, 3.05) is 6.54 Å². The summed E-state index contributed by atoms with van der Waals surface area (Å²) in [6.07, 6.45) is 0.671. The lowest BCUT2D eigenvalue weighted by molar-refractivity contribution is -0.110. The molecular weight excluding hydrogens is 152 g/mol.